The second-order valence-electron chi connectivity index (χ2n) is 3.69. The Bertz CT molecular complexity index is 575. The third kappa shape index (κ3) is 3.64. The predicted octanol–water partition coefficient (Wildman–Crippen LogP) is 0.0718. The molecule has 0 aliphatic carbocycles. The van der Waals surface area contributed by atoms with Crippen LogP contribution in [0.2, 0.25) is 5.02 Å². The molecule has 1 rings (SSSR count). The number of nitrogens with zero attached hydrogens (tertiary/aromatic N) is 1. The summed E-state index contributed by atoms with van der Waals surface area (Å²) < 4.78 is 23.0. The van der Waals surface area contributed by atoms with Crippen LogP contribution in [0.1, 0.15) is 10.4 Å². The van der Waals surface area contributed by atoms with Crippen LogP contribution in [0.4, 0.5) is 0 Å². The molecule has 0 aliphatic heterocycles. The van der Waals surface area contributed by atoms with Gasteiger partial charge in [-0.1, -0.05) is 16.5 Å². The molecule has 9 heteroatoms. The Balaban J connectivity index is 3.20. The number of nitrogens with one attached hydrogen (secondary N) is 1. The van der Waals surface area contributed by atoms with E-state index in [1.54, 1.807) is 0 Å². The van der Waals surface area contributed by atoms with E-state index in [1.807, 2.05) is 0 Å². The molecule has 1 aromatic rings. The number of benzene rings is 1. The summed E-state index contributed by atoms with van der Waals surface area (Å²) in [4.78, 5) is 13.9. The van der Waals surface area contributed by atoms with Gasteiger partial charge in [-0.3, -0.25) is 4.79 Å². The second kappa shape index (κ2) is 6.31. The van der Waals surface area contributed by atoms with Crippen molar-refractivity contribution >= 4 is 27.5 Å². The average molecular weight is 309 g/mol. The molecule has 3 N–H and O–H groups in total. The molecule has 0 atom stereocenters. The monoisotopic (exact) mass is 308 g/mol. The van der Waals surface area contributed by atoms with Crippen LogP contribution in [0.5, 0.6) is 0 Å². The molecule has 7 nitrogen and oxygen atoms in total. The molecule has 0 spiro atoms. The van der Waals surface area contributed by atoms with Gasteiger partial charge in [-0.15, -0.1) is 0 Å². The quantitative estimate of drug-likeness (QED) is 0.667. The van der Waals surface area contributed by atoms with Crippen LogP contribution in [0.15, 0.2) is 23.1 Å². The number of carbonyl (C=O) groups is 1. The zero-order valence-electron chi connectivity index (χ0n) is 10.00. The normalized spacial score (nSPS) is 11.4. The van der Waals surface area contributed by atoms with Crippen molar-refractivity contribution in [1.29, 1.82) is 0 Å². The van der Waals surface area contributed by atoms with Crippen LogP contribution in [0, 0.1) is 0 Å². The van der Waals surface area contributed by atoms with Gasteiger partial charge in [-0.2, -0.15) is 0 Å². The first-order valence-electron chi connectivity index (χ1n) is 5.15. The van der Waals surface area contributed by atoms with Crippen LogP contribution in [0.25, 0.3) is 0 Å². The number of aliphatic hydroxyl groups is 1. The first-order valence-corrected chi connectivity index (χ1v) is 7.01. The third-order valence-corrected chi connectivity index (χ3v) is 3.97. The molecule has 0 fully saturated rings. The summed E-state index contributed by atoms with van der Waals surface area (Å²) in [5.41, 5.74) is 0.0779. The Morgan fingerprint density at radius 1 is 1.47 bits per heavy atom. The number of carbonyl (C=O) groups excluding carboxylic acids is 1. The summed E-state index contributed by atoms with van der Waals surface area (Å²) in [6, 6.07) is 3.65. The van der Waals surface area contributed by atoms with Gasteiger partial charge < -0.3 is 15.2 Å². The Hall–Kier alpha value is -1.19. The van der Waals surface area contributed by atoms with Gasteiger partial charge >= 0.3 is 0 Å². The van der Waals surface area contributed by atoms with Crippen molar-refractivity contribution in [2.24, 2.45) is 0 Å². The number of aliphatic hydroxyl groups excluding tert-OH is 1. The van der Waals surface area contributed by atoms with Gasteiger partial charge in [0.05, 0.1) is 11.6 Å². The maximum atomic E-state index is 11.9. The topological polar surface area (TPSA) is 107 Å². The summed E-state index contributed by atoms with van der Waals surface area (Å²) in [7, 11) is -2.71. The number of halogens is 1. The maximum Gasteiger partial charge on any atom is 0.263 e. The number of amides is 1. The molecular formula is C10H13ClN2O5S. The van der Waals surface area contributed by atoms with Crippen molar-refractivity contribution in [3.8, 4) is 0 Å². The van der Waals surface area contributed by atoms with Crippen LogP contribution >= 0.6 is 11.6 Å². The third-order valence-electron chi connectivity index (χ3n) is 2.37. The van der Waals surface area contributed by atoms with Crippen LogP contribution in [0.3, 0.4) is 0 Å². The van der Waals surface area contributed by atoms with Gasteiger partial charge in [-0.25, -0.2) is 8.42 Å². The minimum Gasteiger partial charge on any atom is -0.395 e. The highest BCUT2D eigenvalue weighted by molar-refractivity contribution is 7.89. The van der Waals surface area contributed by atoms with E-state index < -0.39 is 20.8 Å². The molecule has 1 aromatic carbocycles. The summed E-state index contributed by atoms with van der Waals surface area (Å²) in [5.74, 6) is -0.472. The van der Waals surface area contributed by atoms with Crippen molar-refractivity contribution in [2.75, 3.05) is 20.2 Å². The zero-order valence-corrected chi connectivity index (χ0v) is 11.6. The zero-order chi connectivity index (χ0) is 14.6. The van der Waals surface area contributed by atoms with Gasteiger partial charge in [-0.05, 0) is 18.2 Å². The van der Waals surface area contributed by atoms with Gasteiger partial charge in [0, 0.05) is 19.2 Å². The first kappa shape index (κ1) is 15.9. The number of sulfonamides is 1. The second-order valence-corrected chi connectivity index (χ2v) is 5.73. The van der Waals surface area contributed by atoms with Crippen molar-refractivity contribution in [1.82, 2.24) is 9.79 Å². The predicted molar refractivity (Wildman–Crippen MR) is 67.6 cm³/mol. The number of hydrogen-bond acceptors (Lipinski definition) is 5. The average Bonchev–Trinajstić information content (AvgIpc) is 2.38. The molecule has 0 aliphatic rings. The highest BCUT2D eigenvalue weighted by Gasteiger charge is 2.20. The van der Waals surface area contributed by atoms with Crippen LogP contribution in [-0.4, -0.2) is 49.7 Å². The van der Waals surface area contributed by atoms with Crippen LogP contribution < -0.4 is 4.89 Å². The largest absolute Gasteiger partial charge is 0.395 e. The summed E-state index contributed by atoms with van der Waals surface area (Å²) in [6.07, 6.45) is 0. The van der Waals surface area contributed by atoms with Gasteiger partial charge in [0.15, 0.2) is 0 Å². The fourth-order valence-corrected chi connectivity index (χ4v) is 2.49. The summed E-state index contributed by atoms with van der Waals surface area (Å²) >= 11 is 5.71. The molecule has 0 aromatic heterocycles. The minimum absolute atomic E-state index is 0.0779. The highest BCUT2D eigenvalue weighted by Crippen LogP contribution is 2.22. The fourth-order valence-electron chi connectivity index (χ4n) is 1.36. The molecule has 0 saturated carbocycles. The van der Waals surface area contributed by atoms with Gasteiger partial charge in [0.1, 0.15) is 4.90 Å². The van der Waals surface area contributed by atoms with Crippen molar-refractivity contribution in [2.45, 2.75) is 4.90 Å². The Kier molecular flexibility index (Phi) is 5.27. The standard InChI is InChI=1S/C10H13ClN2O5S/c1-13(4-5-14)10(15)7-2-3-8(11)9(6-7)19(17,18)12-16/h2-3,6,12,14,16H,4-5H2,1H3. The van der Waals surface area contributed by atoms with E-state index in [4.69, 9.17) is 21.9 Å². The molecule has 0 radical (unpaired) electrons. The fraction of sp³-hybridized carbons (Fsp3) is 0.300. The lowest BCUT2D eigenvalue weighted by atomic mass is 10.2. The Morgan fingerprint density at radius 2 is 2.11 bits per heavy atom. The van der Waals surface area contributed by atoms with E-state index >= 15 is 0 Å². The van der Waals surface area contributed by atoms with Crippen molar-refractivity contribution < 1.29 is 23.5 Å². The molecule has 0 saturated heterocycles. The van der Waals surface area contributed by atoms with E-state index in [0.29, 0.717) is 0 Å². The lowest BCUT2D eigenvalue weighted by Crippen LogP contribution is -2.29. The van der Waals surface area contributed by atoms with Gasteiger partial charge in [0.2, 0.25) is 0 Å². The number of hydrogen-bond donors (Lipinski definition) is 3. The van der Waals surface area contributed by atoms with E-state index in [9.17, 15) is 13.2 Å². The molecule has 0 unspecified atom stereocenters. The molecule has 19 heavy (non-hydrogen) atoms. The first-order chi connectivity index (χ1) is 8.83. The highest BCUT2D eigenvalue weighted by atomic mass is 35.5. The molecule has 0 bridgehead atoms. The lowest BCUT2D eigenvalue weighted by Gasteiger charge is -2.16. The van der Waals surface area contributed by atoms with Crippen LogP contribution in [-0.2, 0) is 10.0 Å². The molecular weight excluding hydrogens is 296 g/mol. The number of rotatable bonds is 5. The lowest BCUT2D eigenvalue weighted by molar-refractivity contribution is 0.0766. The molecule has 0 heterocycles. The van der Waals surface area contributed by atoms with Gasteiger partial charge in [0.25, 0.3) is 15.9 Å². The minimum atomic E-state index is -4.17. The van der Waals surface area contributed by atoms with E-state index in [-0.39, 0.29) is 23.7 Å². The summed E-state index contributed by atoms with van der Waals surface area (Å²) in [5, 5.41) is 17.2. The molecule has 1 amide bonds. The SMILES string of the molecule is CN(CCO)C(=O)c1ccc(Cl)c(S(=O)(=O)NO)c1. The Labute approximate surface area is 115 Å². The molecule has 106 valence electrons. The van der Waals surface area contributed by atoms with Crippen molar-refractivity contribution in [3.63, 3.8) is 0 Å². The maximum absolute atomic E-state index is 11.9. The smallest absolute Gasteiger partial charge is 0.263 e. The van der Waals surface area contributed by atoms with Crippen molar-refractivity contribution in [3.05, 3.63) is 28.8 Å². The van der Waals surface area contributed by atoms with E-state index in [1.165, 1.54) is 24.1 Å². The van der Waals surface area contributed by atoms with E-state index in [0.717, 1.165) is 11.0 Å². The Morgan fingerprint density at radius 3 is 2.63 bits per heavy atom. The van der Waals surface area contributed by atoms with E-state index in [2.05, 4.69) is 0 Å². The summed E-state index contributed by atoms with van der Waals surface area (Å²) in [6.45, 7) is -0.0963. The number of likely N-dealkylation sites (N-methyl/N-ethyl adjacent to an activating group) is 1.